The number of fused-ring (bicyclic) bond motifs is 1. The van der Waals surface area contributed by atoms with Gasteiger partial charge in [-0.15, -0.1) is 13.2 Å². The van der Waals surface area contributed by atoms with Crippen LogP contribution in [0.2, 0.25) is 5.02 Å². The number of hydrogen-bond donors (Lipinski definition) is 1. The van der Waals surface area contributed by atoms with Crippen molar-refractivity contribution in [2.24, 2.45) is 0 Å². The molecule has 0 bridgehead atoms. The molecule has 0 saturated heterocycles. The number of aliphatic hydroxyl groups excluding tert-OH is 1. The molecule has 1 amide bonds. The van der Waals surface area contributed by atoms with Gasteiger partial charge in [-0.1, -0.05) is 11.6 Å². The van der Waals surface area contributed by atoms with E-state index in [1.54, 1.807) is 30.3 Å². The first kappa shape index (κ1) is 23.4. The van der Waals surface area contributed by atoms with Crippen LogP contribution in [0, 0.1) is 0 Å². The number of nitrogens with zero attached hydrogens (tertiary/aromatic N) is 2. The highest BCUT2D eigenvalue weighted by Crippen LogP contribution is 2.42. The first-order valence-corrected chi connectivity index (χ1v) is 10.8. The summed E-state index contributed by atoms with van der Waals surface area (Å²) in [6.45, 7) is 0. The van der Waals surface area contributed by atoms with Crippen molar-refractivity contribution in [1.29, 1.82) is 0 Å². The first-order valence-electron chi connectivity index (χ1n) is 10.4. The number of furan rings is 1. The van der Waals surface area contributed by atoms with Gasteiger partial charge in [0, 0.05) is 28.5 Å². The van der Waals surface area contributed by atoms with Crippen LogP contribution in [-0.2, 0) is 4.79 Å². The second kappa shape index (κ2) is 8.72. The number of rotatable bonds is 5. The fraction of sp³-hybridized carbons (Fsp3) is 0.0800. The van der Waals surface area contributed by atoms with Crippen LogP contribution in [0.15, 0.2) is 88.8 Å². The molecule has 4 aromatic rings. The van der Waals surface area contributed by atoms with Gasteiger partial charge in [0.1, 0.15) is 11.3 Å². The quantitative estimate of drug-likeness (QED) is 0.320. The van der Waals surface area contributed by atoms with Gasteiger partial charge in [0.05, 0.1) is 11.6 Å². The van der Waals surface area contributed by atoms with Crippen molar-refractivity contribution >= 4 is 39.9 Å². The van der Waals surface area contributed by atoms with Gasteiger partial charge in [-0.25, -0.2) is 0 Å². The van der Waals surface area contributed by atoms with Crippen molar-refractivity contribution in [3.05, 3.63) is 101 Å². The minimum absolute atomic E-state index is 0.127. The highest BCUT2D eigenvalue weighted by atomic mass is 35.5. The van der Waals surface area contributed by atoms with Crippen LogP contribution in [0.5, 0.6) is 5.75 Å². The van der Waals surface area contributed by atoms with Gasteiger partial charge < -0.3 is 14.3 Å². The Morgan fingerprint density at radius 3 is 2.42 bits per heavy atom. The predicted molar refractivity (Wildman–Crippen MR) is 123 cm³/mol. The number of pyridine rings is 1. The van der Waals surface area contributed by atoms with E-state index in [9.17, 15) is 27.9 Å². The van der Waals surface area contributed by atoms with Crippen molar-refractivity contribution in [3.8, 4) is 5.75 Å². The molecule has 36 heavy (non-hydrogen) atoms. The lowest BCUT2D eigenvalue weighted by molar-refractivity contribution is -0.274. The molecule has 3 heterocycles. The number of aliphatic hydroxyl groups is 1. The molecule has 11 heteroatoms. The second-order valence-corrected chi connectivity index (χ2v) is 8.22. The minimum Gasteiger partial charge on any atom is -0.503 e. The molecule has 2 aromatic carbocycles. The van der Waals surface area contributed by atoms with Crippen LogP contribution in [0.3, 0.4) is 0 Å². The molecule has 0 aliphatic carbocycles. The van der Waals surface area contributed by atoms with E-state index >= 15 is 0 Å². The van der Waals surface area contributed by atoms with Crippen LogP contribution in [0.1, 0.15) is 22.2 Å². The maximum absolute atomic E-state index is 13.5. The zero-order valence-electron chi connectivity index (χ0n) is 18.0. The number of alkyl halides is 3. The Hall–Kier alpha value is -4.31. The van der Waals surface area contributed by atoms with Gasteiger partial charge in [-0.2, -0.15) is 0 Å². The van der Waals surface area contributed by atoms with Crippen LogP contribution < -0.4 is 9.64 Å². The average molecular weight is 515 g/mol. The Kier molecular flexibility index (Phi) is 5.68. The van der Waals surface area contributed by atoms with Gasteiger partial charge in [-0.3, -0.25) is 19.5 Å². The van der Waals surface area contributed by atoms with Crippen LogP contribution >= 0.6 is 11.6 Å². The molecule has 1 aliphatic rings. The Morgan fingerprint density at radius 2 is 1.75 bits per heavy atom. The fourth-order valence-corrected chi connectivity index (χ4v) is 4.21. The number of anilines is 1. The van der Waals surface area contributed by atoms with E-state index < -0.39 is 35.6 Å². The standard InChI is InChI=1S/C25H14ClF3N2O5/c26-15-1-6-18-14(11-15)12-19(35-18)22(32)20-21(13-7-9-30-10-8-13)31(24(34)23(20)33)16-2-4-17(5-3-16)36-25(27,28)29/h1-12,21,33H. The zero-order chi connectivity index (χ0) is 25.6. The molecule has 1 atom stereocenters. The third-order valence-electron chi connectivity index (χ3n) is 5.53. The number of aromatic nitrogens is 1. The molecule has 0 spiro atoms. The highest BCUT2D eigenvalue weighted by Gasteiger charge is 2.45. The Morgan fingerprint density at radius 1 is 1.06 bits per heavy atom. The number of benzene rings is 2. The molecule has 0 saturated carbocycles. The van der Waals surface area contributed by atoms with E-state index in [0.29, 0.717) is 21.6 Å². The molecule has 7 nitrogen and oxygen atoms in total. The normalized spacial score (nSPS) is 16.2. The minimum atomic E-state index is -4.89. The largest absolute Gasteiger partial charge is 0.573 e. The highest BCUT2D eigenvalue weighted by molar-refractivity contribution is 6.31. The molecule has 2 aromatic heterocycles. The van der Waals surface area contributed by atoms with E-state index in [-0.39, 0.29) is 17.0 Å². The van der Waals surface area contributed by atoms with Crippen LogP contribution in [0.4, 0.5) is 18.9 Å². The fourth-order valence-electron chi connectivity index (χ4n) is 4.03. The SMILES string of the molecule is O=C(C1=C(O)C(=O)N(c2ccc(OC(F)(F)F)cc2)C1c1ccncc1)c1cc2cc(Cl)ccc2o1. The van der Waals surface area contributed by atoms with Gasteiger partial charge in [-0.05, 0) is 66.2 Å². The van der Waals surface area contributed by atoms with Crippen molar-refractivity contribution in [3.63, 3.8) is 0 Å². The van der Waals surface area contributed by atoms with Crippen molar-refractivity contribution in [1.82, 2.24) is 4.98 Å². The summed E-state index contributed by atoms with van der Waals surface area (Å²) < 4.78 is 47.2. The lowest BCUT2D eigenvalue weighted by Gasteiger charge is -2.26. The van der Waals surface area contributed by atoms with Gasteiger partial charge in [0.15, 0.2) is 11.5 Å². The van der Waals surface area contributed by atoms with Crippen molar-refractivity contribution < 1.29 is 37.0 Å². The maximum atomic E-state index is 13.5. The number of Topliss-reactive ketones (excluding diaryl/α,β-unsaturated/α-hetero) is 1. The first-order chi connectivity index (χ1) is 17.1. The molecule has 0 radical (unpaired) electrons. The van der Waals surface area contributed by atoms with E-state index in [4.69, 9.17) is 16.0 Å². The molecular weight excluding hydrogens is 501 g/mol. The van der Waals surface area contributed by atoms with E-state index in [2.05, 4.69) is 9.72 Å². The summed E-state index contributed by atoms with van der Waals surface area (Å²) in [6.07, 6.45) is -2.00. The maximum Gasteiger partial charge on any atom is 0.573 e. The van der Waals surface area contributed by atoms with Gasteiger partial charge in [0.25, 0.3) is 5.91 Å². The third kappa shape index (κ3) is 4.27. The van der Waals surface area contributed by atoms with E-state index in [1.807, 2.05) is 0 Å². The molecule has 5 rings (SSSR count). The summed E-state index contributed by atoms with van der Waals surface area (Å²) in [7, 11) is 0. The van der Waals surface area contributed by atoms with Gasteiger partial charge >= 0.3 is 6.36 Å². The van der Waals surface area contributed by atoms with E-state index in [0.717, 1.165) is 17.0 Å². The van der Waals surface area contributed by atoms with Crippen LogP contribution in [-0.4, -0.2) is 28.1 Å². The number of carbonyl (C=O) groups excluding carboxylic acids is 2. The Balaban J connectivity index is 1.58. The number of amides is 1. The zero-order valence-corrected chi connectivity index (χ0v) is 18.7. The lowest BCUT2D eigenvalue weighted by atomic mass is 9.95. The predicted octanol–water partition coefficient (Wildman–Crippen LogP) is 6.16. The molecule has 0 fully saturated rings. The van der Waals surface area contributed by atoms with Crippen molar-refractivity contribution in [2.75, 3.05) is 4.90 Å². The second-order valence-electron chi connectivity index (χ2n) is 7.78. The smallest absolute Gasteiger partial charge is 0.503 e. The molecule has 1 unspecified atom stereocenters. The number of halogens is 4. The summed E-state index contributed by atoms with van der Waals surface area (Å²) in [5, 5.41) is 11.8. The molecule has 1 N–H and O–H groups in total. The molecular formula is C25H14ClF3N2O5. The summed E-state index contributed by atoms with van der Waals surface area (Å²) >= 11 is 6.01. The average Bonchev–Trinajstić information content (AvgIpc) is 3.37. The van der Waals surface area contributed by atoms with Gasteiger partial charge in [0.2, 0.25) is 5.78 Å². The van der Waals surface area contributed by atoms with Crippen LogP contribution in [0.25, 0.3) is 11.0 Å². The Bertz CT molecular complexity index is 1510. The van der Waals surface area contributed by atoms with Crippen molar-refractivity contribution in [2.45, 2.75) is 12.4 Å². The number of carbonyl (C=O) groups is 2. The third-order valence-corrected chi connectivity index (χ3v) is 5.76. The molecule has 182 valence electrons. The number of ether oxygens (including phenoxy) is 1. The topological polar surface area (TPSA) is 92.9 Å². The summed E-state index contributed by atoms with van der Waals surface area (Å²) in [4.78, 5) is 31.8. The number of ketones is 1. The van der Waals surface area contributed by atoms with E-state index in [1.165, 1.54) is 30.6 Å². The lowest BCUT2D eigenvalue weighted by Crippen LogP contribution is -2.31. The Labute approximate surface area is 206 Å². The summed E-state index contributed by atoms with van der Waals surface area (Å²) in [5.74, 6) is -3.08. The summed E-state index contributed by atoms with van der Waals surface area (Å²) in [6, 6.07) is 12.7. The monoisotopic (exact) mass is 514 g/mol. The summed E-state index contributed by atoms with van der Waals surface area (Å²) in [5.41, 5.74) is 0.680. The number of hydrogen-bond acceptors (Lipinski definition) is 6. The molecule has 1 aliphatic heterocycles.